The van der Waals surface area contributed by atoms with E-state index in [4.69, 9.17) is 4.99 Å². The third kappa shape index (κ3) is 6.22. The van der Waals surface area contributed by atoms with Crippen molar-refractivity contribution in [1.82, 2.24) is 20.5 Å². The van der Waals surface area contributed by atoms with Crippen molar-refractivity contribution in [3.8, 4) is 0 Å². The van der Waals surface area contributed by atoms with Crippen molar-refractivity contribution in [2.45, 2.75) is 39.4 Å². The van der Waals surface area contributed by atoms with E-state index < -0.39 is 0 Å². The topological polar surface area (TPSA) is 55.5 Å². The molecule has 0 unspecified atom stereocenters. The number of hydrogen-bond donors (Lipinski definition) is 3. The van der Waals surface area contributed by atoms with Gasteiger partial charge in [0.15, 0.2) is 5.96 Å². The molecule has 4 rings (SSSR count). The minimum Gasteiger partial charge on any atom is -0.357 e. The number of hydrogen-bond acceptors (Lipinski definition) is 2. The molecule has 1 aromatic heterocycles. The quantitative estimate of drug-likeness (QED) is 0.243. The predicted molar refractivity (Wildman–Crippen MR) is 136 cm³/mol. The van der Waals surface area contributed by atoms with Crippen LogP contribution in [0.3, 0.4) is 0 Å². The summed E-state index contributed by atoms with van der Waals surface area (Å²) in [5, 5.41) is 8.00. The van der Waals surface area contributed by atoms with Crippen molar-refractivity contribution in [2.75, 3.05) is 19.6 Å². The van der Waals surface area contributed by atoms with E-state index in [1.165, 1.54) is 48.0 Å². The summed E-state index contributed by atoms with van der Waals surface area (Å²) in [5.74, 6) is 0.840. The van der Waals surface area contributed by atoms with Crippen LogP contribution in [0.25, 0.3) is 10.9 Å². The van der Waals surface area contributed by atoms with Crippen molar-refractivity contribution in [3.05, 3.63) is 71.4 Å². The summed E-state index contributed by atoms with van der Waals surface area (Å²) in [6.45, 7) is 7.86. The summed E-state index contributed by atoms with van der Waals surface area (Å²) in [4.78, 5) is 10.7. The van der Waals surface area contributed by atoms with Gasteiger partial charge in [-0.3, -0.25) is 4.90 Å². The van der Waals surface area contributed by atoms with Gasteiger partial charge in [0.25, 0.3) is 0 Å². The van der Waals surface area contributed by atoms with Crippen LogP contribution in [-0.2, 0) is 19.6 Å². The van der Waals surface area contributed by atoms with Crippen molar-refractivity contribution in [1.29, 1.82) is 0 Å². The van der Waals surface area contributed by atoms with Crippen LogP contribution in [0.15, 0.2) is 59.6 Å². The lowest BCUT2D eigenvalue weighted by Gasteiger charge is -2.14. The van der Waals surface area contributed by atoms with Gasteiger partial charge in [0.05, 0.1) is 13.1 Å². The first-order valence-electron chi connectivity index (χ1n) is 10.7. The first-order chi connectivity index (χ1) is 14.3. The molecule has 1 fully saturated rings. The molecule has 2 aromatic carbocycles. The lowest BCUT2D eigenvalue weighted by molar-refractivity contribution is 0.331. The number of fused-ring (bicyclic) bond motifs is 1. The average molecular weight is 517 g/mol. The van der Waals surface area contributed by atoms with E-state index in [1.807, 2.05) is 0 Å². The number of halogens is 1. The van der Waals surface area contributed by atoms with Gasteiger partial charge >= 0.3 is 0 Å². The van der Waals surface area contributed by atoms with Gasteiger partial charge in [-0.1, -0.05) is 42.5 Å². The summed E-state index contributed by atoms with van der Waals surface area (Å²) in [7, 11) is 0. The van der Waals surface area contributed by atoms with Gasteiger partial charge in [-0.25, -0.2) is 4.99 Å². The van der Waals surface area contributed by atoms with Crippen LogP contribution in [0.5, 0.6) is 0 Å². The number of guanidine groups is 1. The van der Waals surface area contributed by atoms with Gasteiger partial charge in [0.2, 0.25) is 0 Å². The Kier molecular flexibility index (Phi) is 8.57. The van der Waals surface area contributed by atoms with Gasteiger partial charge < -0.3 is 15.6 Å². The largest absolute Gasteiger partial charge is 0.357 e. The monoisotopic (exact) mass is 517 g/mol. The van der Waals surface area contributed by atoms with E-state index in [-0.39, 0.29) is 24.0 Å². The van der Waals surface area contributed by atoms with Gasteiger partial charge in [0, 0.05) is 24.3 Å². The fraction of sp³-hybridized carbons (Fsp3) is 0.375. The number of nitrogens with one attached hydrogen (secondary N) is 3. The highest BCUT2D eigenvalue weighted by molar-refractivity contribution is 14.0. The molecular weight excluding hydrogens is 485 g/mol. The Balaban J connectivity index is 0.00000256. The SMILES string of the molecule is CCNC(=NCc1ccc(CN2CCCC2)cc1)NCc1cc2ccccc2[nH]1.I. The van der Waals surface area contributed by atoms with Crippen LogP contribution in [0.1, 0.15) is 36.6 Å². The third-order valence-corrected chi connectivity index (χ3v) is 5.42. The molecular formula is C24H32IN5. The van der Waals surface area contributed by atoms with E-state index in [1.54, 1.807) is 0 Å². The van der Waals surface area contributed by atoms with Crippen LogP contribution < -0.4 is 10.6 Å². The summed E-state index contributed by atoms with van der Waals surface area (Å²) >= 11 is 0. The molecule has 0 saturated carbocycles. The Morgan fingerprint density at radius 1 is 1.00 bits per heavy atom. The van der Waals surface area contributed by atoms with Crippen LogP contribution in [-0.4, -0.2) is 35.5 Å². The summed E-state index contributed by atoms with van der Waals surface area (Å²) in [6.07, 6.45) is 2.68. The highest BCUT2D eigenvalue weighted by Gasteiger charge is 2.11. The molecule has 1 aliphatic rings. The standard InChI is InChI=1S/C24H31N5.HI/c1-2-25-24(27-17-22-15-21-7-3-4-8-23(21)28-22)26-16-19-9-11-20(12-10-19)18-29-13-5-6-14-29;/h3-4,7-12,15,28H,2,5-6,13-14,16-18H2,1H3,(H2,25,26,27);1H. The lowest BCUT2D eigenvalue weighted by atomic mass is 10.1. The lowest BCUT2D eigenvalue weighted by Crippen LogP contribution is -2.36. The molecule has 30 heavy (non-hydrogen) atoms. The Hall–Kier alpha value is -2.06. The van der Waals surface area contributed by atoms with Crippen molar-refractivity contribution in [3.63, 3.8) is 0 Å². The smallest absolute Gasteiger partial charge is 0.191 e. The zero-order chi connectivity index (χ0) is 19.9. The van der Waals surface area contributed by atoms with E-state index in [0.29, 0.717) is 6.54 Å². The molecule has 0 aliphatic carbocycles. The minimum atomic E-state index is 0. The zero-order valence-corrected chi connectivity index (χ0v) is 20.0. The molecule has 0 atom stereocenters. The van der Waals surface area contributed by atoms with Crippen molar-refractivity contribution in [2.24, 2.45) is 4.99 Å². The Labute approximate surface area is 196 Å². The molecule has 0 bridgehead atoms. The van der Waals surface area contributed by atoms with Crippen LogP contribution in [0, 0.1) is 0 Å². The molecule has 0 spiro atoms. The number of para-hydroxylation sites is 1. The molecule has 0 radical (unpaired) electrons. The predicted octanol–water partition coefficient (Wildman–Crippen LogP) is 4.64. The number of benzene rings is 2. The van der Waals surface area contributed by atoms with Gasteiger partial charge in [-0.15, -0.1) is 24.0 Å². The first-order valence-corrected chi connectivity index (χ1v) is 10.7. The maximum Gasteiger partial charge on any atom is 0.191 e. The van der Waals surface area contributed by atoms with Gasteiger partial charge in [-0.05, 0) is 61.5 Å². The van der Waals surface area contributed by atoms with Crippen molar-refractivity contribution < 1.29 is 0 Å². The van der Waals surface area contributed by atoms with Gasteiger partial charge in [0.1, 0.15) is 0 Å². The second-order valence-corrected chi connectivity index (χ2v) is 7.73. The number of nitrogens with zero attached hydrogens (tertiary/aromatic N) is 2. The highest BCUT2D eigenvalue weighted by atomic mass is 127. The van der Waals surface area contributed by atoms with E-state index >= 15 is 0 Å². The molecule has 1 aliphatic heterocycles. The zero-order valence-electron chi connectivity index (χ0n) is 17.7. The molecule has 0 amide bonds. The maximum absolute atomic E-state index is 4.76. The molecule has 1 saturated heterocycles. The van der Waals surface area contributed by atoms with E-state index in [2.05, 4.69) is 82.0 Å². The van der Waals surface area contributed by atoms with Crippen LogP contribution in [0.4, 0.5) is 0 Å². The number of H-pyrrole nitrogens is 1. The molecule has 3 N–H and O–H groups in total. The van der Waals surface area contributed by atoms with E-state index in [0.717, 1.165) is 31.3 Å². The average Bonchev–Trinajstić information content (AvgIpc) is 3.40. The fourth-order valence-corrected chi connectivity index (χ4v) is 3.87. The summed E-state index contributed by atoms with van der Waals surface area (Å²) in [5.41, 5.74) is 4.95. The Bertz CT molecular complexity index is 909. The number of aromatic nitrogens is 1. The normalized spacial score (nSPS) is 14.6. The summed E-state index contributed by atoms with van der Waals surface area (Å²) < 4.78 is 0. The second-order valence-electron chi connectivity index (χ2n) is 7.73. The highest BCUT2D eigenvalue weighted by Crippen LogP contribution is 2.15. The number of likely N-dealkylation sites (tertiary alicyclic amines) is 1. The minimum absolute atomic E-state index is 0. The maximum atomic E-state index is 4.76. The number of rotatable bonds is 7. The molecule has 5 nitrogen and oxygen atoms in total. The second kappa shape index (κ2) is 11.4. The van der Waals surface area contributed by atoms with Crippen LogP contribution in [0.2, 0.25) is 0 Å². The molecule has 2 heterocycles. The molecule has 3 aromatic rings. The van der Waals surface area contributed by atoms with Crippen LogP contribution >= 0.6 is 24.0 Å². The first kappa shape index (κ1) is 22.6. The summed E-state index contributed by atoms with van der Waals surface area (Å²) in [6, 6.07) is 19.4. The van der Waals surface area contributed by atoms with Crippen molar-refractivity contribution >= 4 is 40.8 Å². The third-order valence-electron chi connectivity index (χ3n) is 5.42. The number of aliphatic imine (C=N–C) groups is 1. The molecule has 160 valence electrons. The molecule has 6 heteroatoms. The van der Waals surface area contributed by atoms with E-state index in [9.17, 15) is 0 Å². The van der Waals surface area contributed by atoms with Gasteiger partial charge in [-0.2, -0.15) is 0 Å². The Morgan fingerprint density at radius 2 is 1.73 bits per heavy atom. The fourth-order valence-electron chi connectivity index (χ4n) is 3.87. The Morgan fingerprint density at radius 3 is 2.47 bits per heavy atom. The number of aromatic amines is 1.